The molecule has 0 atom stereocenters. The average molecular weight is 150 g/mol. The van der Waals surface area contributed by atoms with E-state index in [1.54, 1.807) is 18.2 Å². The molecule has 0 fully saturated rings. The van der Waals surface area contributed by atoms with Gasteiger partial charge in [-0.3, -0.25) is 0 Å². The van der Waals surface area contributed by atoms with Gasteiger partial charge in [-0.1, -0.05) is 24.8 Å². The molecule has 0 spiro atoms. The molecule has 0 saturated carbocycles. The van der Waals surface area contributed by atoms with E-state index >= 15 is 0 Å². The van der Waals surface area contributed by atoms with Crippen molar-refractivity contribution in [2.45, 2.75) is 0 Å². The SMILES string of the molecule is C=C/C=C/C=C/O[O-].[K+]. The molecule has 0 rings (SSSR count). The summed E-state index contributed by atoms with van der Waals surface area (Å²) in [6, 6.07) is 0. The first kappa shape index (κ1) is 12.3. The minimum atomic E-state index is 0. The number of hydrogen-bond donors (Lipinski definition) is 0. The molecule has 0 unspecified atom stereocenters. The minimum absolute atomic E-state index is 0. The fraction of sp³-hybridized carbons (Fsp3) is 0. The van der Waals surface area contributed by atoms with Gasteiger partial charge in [0.2, 0.25) is 0 Å². The topological polar surface area (TPSA) is 32.3 Å². The maximum absolute atomic E-state index is 9.25. The Bertz CT molecular complexity index is 108. The maximum Gasteiger partial charge on any atom is 1.00 e. The Balaban J connectivity index is 0. The first-order chi connectivity index (χ1) is 3.91. The molecule has 3 heteroatoms. The molecule has 44 valence electrons. The van der Waals surface area contributed by atoms with Gasteiger partial charge in [0.15, 0.2) is 0 Å². The van der Waals surface area contributed by atoms with Gasteiger partial charge in [-0.25, -0.2) is 0 Å². The second-order valence-electron chi connectivity index (χ2n) is 1.05. The van der Waals surface area contributed by atoms with Gasteiger partial charge in [0.25, 0.3) is 0 Å². The van der Waals surface area contributed by atoms with Gasteiger partial charge < -0.3 is 10.1 Å². The smallest absolute Gasteiger partial charge is 0.664 e. The zero-order valence-corrected chi connectivity index (χ0v) is 8.53. The van der Waals surface area contributed by atoms with Crippen molar-refractivity contribution < 1.29 is 61.5 Å². The Morgan fingerprint density at radius 2 is 1.89 bits per heavy atom. The zero-order valence-electron chi connectivity index (χ0n) is 5.41. The Labute approximate surface area is 97.3 Å². The van der Waals surface area contributed by atoms with E-state index in [4.69, 9.17) is 0 Å². The normalized spacial score (nSPS) is 9.44. The van der Waals surface area contributed by atoms with Crippen molar-refractivity contribution in [1.82, 2.24) is 0 Å². The molecule has 9 heavy (non-hydrogen) atoms. The van der Waals surface area contributed by atoms with Gasteiger partial charge in [-0.05, 0) is 6.08 Å². The van der Waals surface area contributed by atoms with E-state index in [-0.39, 0.29) is 51.4 Å². The van der Waals surface area contributed by atoms with Crippen LogP contribution in [0.2, 0.25) is 0 Å². The zero-order chi connectivity index (χ0) is 6.24. The fourth-order valence-corrected chi connectivity index (χ4v) is 0.220. The van der Waals surface area contributed by atoms with E-state index in [2.05, 4.69) is 11.5 Å². The van der Waals surface area contributed by atoms with Crippen LogP contribution in [0.25, 0.3) is 0 Å². The van der Waals surface area contributed by atoms with Crippen molar-refractivity contribution in [2.24, 2.45) is 0 Å². The average Bonchev–Trinajstić information content (AvgIpc) is 1.81. The fourth-order valence-electron chi connectivity index (χ4n) is 0.220. The molecule has 0 aliphatic rings. The molecule has 0 aliphatic carbocycles. The van der Waals surface area contributed by atoms with E-state index in [0.717, 1.165) is 6.26 Å². The molecule has 0 amide bonds. The maximum atomic E-state index is 9.25. The summed E-state index contributed by atoms with van der Waals surface area (Å²) in [5.41, 5.74) is 0. The molecular formula is C6H7KO2. The van der Waals surface area contributed by atoms with Crippen LogP contribution in [0.1, 0.15) is 0 Å². The van der Waals surface area contributed by atoms with Gasteiger partial charge in [0.05, 0.1) is 6.26 Å². The van der Waals surface area contributed by atoms with Gasteiger partial charge in [0.1, 0.15) is 0 Å². The summed E-state index contributed by atoms with van der Waals surface area (Å²) >= 11 is 0. The van der Waals surface area contributed by atoms with Crippen LogP contribution in [-0.2, 0) is 4.89 Å². The summed E-state index contributed by atoms with van der Waals surface area (Å²) in [5.74, 6) is 0. The van der Waals surface area contributed by atoms with E-state index in [0.29, 0.717) is 0 Å². The van der Waals surface area contributed by atoms with E-state index in [1.807, 2.05) is 0 Å². The van der Waals surface area contributed by atoms with Crippen molar-refractivity contribution in [1.29, 1.82) is 0 Å². The van der Waals surface area contributed by atoms with Crippen molar-refractivity contribution in [3.63, 3.8) is 0 Å². The Morgan fingerprint density at radius 1 is 1.22 bits per heavy atom. The third-order valence-corrected chi connectivity index (χ3v) is 0.492. The van der Waals surface area contributed by atoms with Crippen LogP contribution in [-0.4, -0.2) is 0 Å². The molecule has 0 aromatic carbocycles. The molecule has 0 saturated heterocycles. The molecule has 0 heterocycles. The Kier molecular flexibility index (Phi) is 15.6. The van der Waals surface area contributed by atoms with Crippen LogP contribution in [0.3, 0.4) is 0 Å². The van der Waals surface area contributed by atoms with Gasteiger partial charge in [-0.15, -0.1) is 0 Å². The molecule has 0 bridgehead atoms. The standard InChI is InChI=1S/C6H8O2.K/c1-2-3-4-5-6-8-7;/h2-7H,1H2;/q;+1/p-1/b4-3+,6-5+;. The molecule has 0 aromatic heterocycles. The Morgan fingerprint density at radius 3 is 2.33 bits per heavy atom. The van der Waals surface area contributed by atoms with Crippen molar-refractivity contribution in [3.8, 4) is 0 Å². The summed E-state index contributed by atoms with van der Waals surface area (Å²) in [7, 11) is 0. The third kappa shape index (κ3) is 12.0. The molecule has 0 aromatic rings. The molecular weight excluding hydrogens is 143 g/mol. The van der Waals surface area contributed by atoms with Gasteiger partial charge in [-0.2, -0.15) is 0 Å². The monoisotopic (exact) mass is 150 g/mol. The first-order valence-electron chi connectivity index (χ1n) is 2.14. The van der Waals surface area contributed by atoms with Gasteiger partial charge in [0, 0.05) is 0 Å². The second-order valence-corrected chi connectivity index (χ2v) is 1.05. The summed E-state index contributed by atoms with van der Waals surface area (Å²) in [6.45, 7) is 3.42. The quantitative estimate of drug-likeness (QED) is 0.147. The van der Waals surface area contributed by atoms with E-state index < -0.39 is 0 Å². The summed E-state index contributed by atoms with van der Waals surface area (Å²) in [4.78, 5) is 3.37. The van der Waals surface area contributed by atoms with Crippen LogP contribution < -0.4 is 56.6 Å². The van der Waals surface area contributed by atoms with Crippen molar-refractivity contribution in [3.05, 3.63) is 37.1 Å². The number of hydrogen-bond acceptors (Lipinski definition) is 2. The van der Waals surface area contributed by atoms with Crippen LogP contribution in [0.4, 0.5) is 0 Å². The number of allylic oxidation sites excluding steroid dienone is 4. The first-order valence-corrected chi connectivity index (χ1v) is 2.14. The van der Waals surface area contributed by atoms with E-state index in [1.165, 1.54) is 6.08 Å². The van der Waals surface area contributed by atoms with Crippen molar-refractivity contribution in [2.75, 3.05) is 0 Å². The second kappa shape index (κ2) is 11.4. The van der Waals surface area contributed by atoms with Crippen LogP contribution in [0, 0.1) is 0 Å². The van der Waals surface area contributed by atoms with E-state index in [9.17, 15) is 5.26 Å². The molecule has 0 N–H and O–H groups in total. The largest absolute Gasteiger partial charge is 1.00 e. The molecule has 0 radical (unpaired) electrons. The predicted octanol–water partition coefficient (Wildman–Crippen LogP) is -2.46. The van der Waals surface area contributed by atoms with Crippen LogP contribution >= 0.6 is 0 Å². The summed E-state index contributed by atoms with van der Waals surface area (Å²) < 4.78 is 0. The summed E-state index contributed by atoms with van der Waals surface area (Å²) in [5, 5.41) is 9.25. The van der Waals surface area contributed by atoms with Crippen LogP contribution in [0.5, 0.6) is 0 Å². The predicted molar refractivity (Wildman–Crippen MR) is 29.6 cm³/mol. The third-order valence-electron chi connectivity index (χ3n) is 0.492. The van der Waals surface area contributed by atoms with Crippen molar-refractivity contribution >= 4 is 0 Å². The molecule has 0 aliphatic heterocycles. The van der Waals surface area contributed by atoms with Crippen LogP contribution in [0.15, 0.2) is 37.1 Å². The summed E-state index contributed by atoms with van der Waals surface area (Å²) in [6.07, 6.45) is 7.46. The number of rotatable bonds is 3. The molecule has 2 nitrogen and oxygen atoms in total. The Hall–Kier alpha value is 0.616. The minimum Gasteiger partial charge on any atom is -0.664 e. The van der Waals surface area contributed by atoms with Gasteiger partial charge >= 0.3 is 51.4 Å².